The summed E-state index contributed by atoms with van der Waals surface area (Å²) >= 11 is 0. The molecular weight excluding hydrogens is 282 g/mol. The van der Waals surface area contributed by atoms with Gasteiger partial charge in [0.1, 0.15) is 11.5 Å². The summed E-state index contributed by atoms with van der Waals surface area (Å²) in [4.78, 5) is 16.9. The minimum absolute atomic E-state index is 0.165. The number of carbonyl (C=O) groups excluding carboxylic acids is 1. The number of furan rings is 1. The number of aryl methyl sites for hydroxylation is 1. The summed E-state index contributed by atoms with van der Waals surface area (Å²) in [6.07, 6.45) is 3.51. The van der Waals surface area contributed by atoms with E-state index in [2.05, 4.69) is 5.48 Å². The van der Waals surface area contributed by atoms with E-state index in [-0.39, 0.29) is 12.3 Å². The molecule has 0 fully saturated rings. The lowest BCUT2D eigenvalue weighted by atomic mass is 10.1. The molecule has 0 unspecified atom stereocenters. The number of benzene rings is 1. The van der Waals surface area contributed by atoms with Crippen molar-refractivity contribution in [2.75, 3.05) is 13.2 Å². The smallest absolute Gasteiger partial charge is 0.247 e. The van der Waals surface area contributed by atoms with Crippen LogP contribution in [0.2, 0.25) is 0 Å². The van der Waals surface area contributed by atoms with Gasteiger partial charge in [0.05, 0.1) is 25.9 Å². The molecule has 0 aliphatic heterocycles. The normalized spacial score (nSPS) is 10.4. The molecule has 1 heterocycles. The molecule has 0 saturated heterocycles. The van der Waals surface area contributed by atoms with Gasteiger partial charge in [-0.05, 0) is 43.2 Å². The van der Waals surface area contributed by atoms with Crippen LogP contribution in [0.4, 0.5) is 0 Å². The van der Waals surface area contributed by atoms with E-state index in [9.17, 15) is 4.79 Å². The minimum atomic E-state index is -0.165. The first-order chi connectivity index (χ1) is 10.8. The summed E-state index contributed by atoms with van der Waals surface area (Å²) in [5.41, 5.74) is 3.37. The first kappa shape index (κ1) is 16.1. The lowest BCUT2D eigenvalue weighted by Crippen LogP contribution is -2.26. The van der Waals surface area contributed by atoms with Crippen molar-refractivity contribution < 1.29 is 18.8 Å². The van der Waals surface area contributed by atoms with E-state index in [0.29, 0.717) is 13.2 Å². The Morgan fingerprint density at radius 2 is 2.05 bits per heavy atom. The predicted molar refractivity (Wildman–Crippen MR) is 82.4 cm³/mol. The summed E-state index contributed by atoms with van der Waals surface area (Å²) in [6, 6.07) is 11.2. The average molecular weight is 303 g/mol. The highest BCUT2D eigenvalue weighted by Crippen LogP contribution is 2.12. The summed E-state index contributed by atoms with van der Waals surface area (Å²) in [5, 5.41) is 0. The second-order valence-electron chi connectivity index (χ2n) is 4.81. The Bertz CT molecular complexity index is 549. The average Bonchev–Trinajstić information content (AvgIpc) is 3.02. The highest BCUT2D eigenvalue weighted by Gasteiger charge is 2.04. The third kappa shape index (κ3) is 5.61. The summed E-state index contributed by atoms with van der Waals surface area (Å²) < 4.78 is 10.6. The second-order valence-corrected chi connectivity index (χ2v) is 4.81. The van der Waals surface area contributed by atoms with Gasteiger partial charge in [-0.15, -0.1) is 0 Å². The van der Waals surface area contributed by atoms with E-state index < -0.39 is 0 Å². The summed E-state index contributed by atoms with van der Waals surface area (Å²) in [7, 11) is 0. The zero-order valence-corrected chi connectivity index (χ0v) is 12.7. The fourth-order valence-electron chi connectivity index (χ4n) is 2.00. The van der Waals surface area contributed by atoms with Gasteiger partial charge in [0.15, 0.2) is 0 Å². The summed E-state index contributed by atoms with van der Waals surface area (Å²) in [5.74, 6) is 1.56. The van der Waals surface area contributed by atoms with Crippen molar-refractivity contribution in [3.05, 3.63) is 54.0 Å². The van der Waals surface area contributed by atoms with Gasteiger partial charge in [0, 0.05) is 6.42 Å². The first-order valence-electron chi connectivity index (χ1n) is 7.42. The van der Waals surface area contributed by atoms with Crippen LogP contribution in [0.25, 0.3) is 0 Å². The second kappa shape index (κ2) is 8.89. The van der Waals surface area contributed by atoms with Crippen molar-refractivity contribution in [2.24, 2.45) is 0 Å². The van der Waals surface area contributed by atoms with Crippen molar-refractivity contribution in [3.63, 3.8) is 0 Å². The van der Waals surface area contributed by atoms with Gasteiger partial charge in [0.25, 0.3) is 0 Å². The molecule has 0 aliphatic rings. The van der Waals surface area contributed by atoms with Crippen molar-refractivity contribution in [3.8, 4) is 5.75 Å². The van der Waals surface area contributed by atoms with Gasteiger partial charge in [-0.25, -0.2) is 5.48 Å². The number of nitrogens with one attached hydrogen (secondary N) is 1. The Balaban J connectivity index is 1.60. The van der Waals surface area contributed by atoms with E-state index in [1.807, 2.05) is 43.3 Å². The fraction of sp³-hybridized carbons (Fsp3) is 0.353. The number of rotatable bonds is 9. The third-order valence-corrected chi connectivity index (χ3v) is 3.03. The van der Waals surface area contributed by atoms with Crippen LogP contribution >= 0.6 is 0 Å². The fourth-order valence-corrected chi connectivity index (χ4v) is 2.00. The van der Waals surface area contributed by atoms with E-state index in [1.54, 1.807) is 6.26 Å². The van der Waals surface area contributed by atoms with Crippen molar-refractivity contribution in [1.29, 1.82) is 0 Å². The van der Waals surface area contributed by atoms with Crippen LogP contribution in [-0.4, -0.2) is 19.1 Å². The molecule has 1 aromatic heterocycles. The van der Waals surface area contributed by atoms with Crippen molar-refractivity contribution in [1.82, 2.24) is 5.48 Å². The van der Waals surface area contributed by atoms with E-state index in [4.69, 9.17) is 14.0 Å². The first-order valence-corrected chi connectivity index (χ1v) is 7.42. The molecule has 0 radical (unpaired) electrons. The molecule has 0 bridgehead atoms. The molecule has 22 heavy (non-hydrogen) atoms. The monoisotopic (exact) mass is 303 g/mol. The third-order valence-electron chi connectivity index (χ3n) is 3.03. The molecule has 5 nitrogen and oxygen atoms in total. The van der Waals surface area contributed by atoms with Crippen LogP contribution in [0.5, 0.6) is 5.75 Å². The van der Waals surface area contributed by atoms with Gasteiger partial charge >= 0.3 is 0 Å². The Kier molecular flexibility index (Phi) is 6.51. The largest absolute Gasteiger partial charge is 0.494 e. The number of carbonyl (C=O) groups is 1. The molecule has 0 spiro atoms. The Morgan fingerprint density at radius 1 is 1.23 bits per heavy atom. The van der Waals surface area contributed by atoms with Crippen LogP contribution in [0, 0.1) is 0 Å². The minimum Gasteiger partial charge on any atom is -0.494 e. The maximum absolute atomic E-state index is 11.7. The maximum atomic E-state index is 11.7. The highest BCUT2D eigenvalue weighted by molar-refractivity contribution is 5.77. The molecule has 1 N–H and O–H groups in total. The number of amides is 1. The van der Waals surface area contributed by atoms with E-state index in [1.165, 1.54) is 0 Å². The number of hydroxylamine groups is 1. The summed E-state index contributed by atoms with van der Waals surface area (Å²) in [6.45, 7) is 3.02. The molecule has 1 aromatic carbocycles. The SMILES string of the molecule is CCOc1ccc(CC(=O)NOCCCc2ccco2)cc1. The lowest BCUT2D eigenvalue weighted by Gasteiger charge is -2.07. The molecule has 5 heteroatoms. The van der Waals surface area contributed by atoms with Gasteiger partial charge in [-0.3, -0.25) is 9.63 Å². The predicted octanol–water partition coefficient (Wildman–Crippen LogP) is 2.90. The molecule has 0 aliphatic carbocycles. The van der Waals surface area contributed by atoms with Gasteiger partial charge in [-0.2, -0.15) is 0 Å². The van der Waals surface area contributed by atoms with Crippen LogP contribution in [0.15, 0.2) is 47.1 Å². The van der Waals surface area contributed by atoms with E-state index in [0.717, 1.165) is 29.9 Å². The Hall–Kier alpha value is -2.27. The number of hydrogen-bond donors (Lipinski definition) is 1. The quantitative estimate of drug-likeness (QED) is 0.571. The van der Waals surface area contributed by atoms with Crippen LogP contribution in [0.3, 0.4) is 0 Å². The Morgan fingerprint density at radius 3 is 2.73 bits per heavy atom. The standard InChI is InChI=1S/C17H21NO4/c1-2-20-16-9-7-14(8-10-16)13-17(19)18-22-12-4-6-15-5-3-11-21-15/h3,5,7-11H,2,4,6,12-13H2,1H3,(H,18,19). The Labute approximate surface area is 130 Å². The van der Waals surface area contributed by atoms with Crippen molar-refractivity contribution in [2.45, 2.75) is 26.2 Å². The molecular formula is C17H21NO4. The number of ether oxygens (including phenoxy) is 1. The molecule has 1 amide bonds. The van der Waals surface area contributed by atoms with Gasteiger partial charge in [-0.1, -0.05) is 12.1 Å². The van der Waals surface area contributed by atoms with Gasteiger partial charge in [0.2, 0.25) is 5.91 Å². The van der Waals surface area contributed by atoms with Crippen molar-refractivity contribution >= 4 is 5.91 Å². The van der Waals surface area contributed by atoms with Crippen LogP contribution in [0.1, 0.15) is 24.7 Å². The van der Waals surface area contributed by atoms with Crippen LogP contribution in [-0.2, 0) is 22.5 Å². The highest BCUT2D eigenvalue weighted by atomic mass is 16.6. The molecule has 0 atom stereocenters. The molecule has 118 valence electrons. The van der Waals surface area contributed by atoms with Gasteiger partial charge < -0.3 is 9.15 Å². The zero-order valence-electron chi connectivity index (χ0n) is 12.7. The number of hydrogen-bond acceptors (Lipinski definition) is 4. The maximum Gasteiger partial charge on any atom is 0.247 e. The van der Waals surface area contributed by atoms with E-state index >= 15 is 0 Å². The van der Waals surface area contributed by atoms with Crippen LogP contribution < -0.4 is 10.2 Å². The topological polar surface area (TPSA) is 60.7 Å². The molecule has 2 aromatic rings. The molecule has 0 saturated carbocycles. The zero-order chi connectivity index (χ0) is 15.6. The molecule has 2 rings (SSSR count). The lowest BCUT2D eigenvalue weighted by molar-refractivity contribution is -0.132.